The van der Waals surface area contributed by atoms with Crippen LogP contribution in [0.3, 0.4) is 0 Å². The van der Waals surface area contributed by atoms with Crippen molar-refractivity contribution in [3.8, 4) is 5.69 Å². The number of carboxylic acids is 1. The maximum Gasteiger partial charge on any atom is 0.393 e. The molecule has 2 heterocycles. The molecule has 26 heavy (non-hydrogen) atoms. The average Bonchev–Trinajstić information content (AvgIpc) is 3.15. The van der Waals surface area contributed by atoms with Crippen LogP contribution in [0.15, 0.2) is 36.5 Å². The molecule has 3 rings (SSSR count). The van der Waals surface area contributed by atoms with Gasteiger partial charge in [0.1, 0.15) is 5.82 Å². The molecule has 10 heteroatoms. The second-order valence-electron chi connectivity index (χ2n) is 6.01. The second kappa shape index (κ2) is 7.63. The fraction of sp³-hybridized carbons (Fsp3) is 0.375. The summed E-state index contributed by atoms with van der Waals surface area (Å²) in [6, 6.07) is 7.26. The van der Waals surface area contributed by atoms with Gasteiger partial charge < -0.3 is 5.11 Å². The molecule has 2 atom stereocenters. The molecule has 1 fully saturated rings. The highest BCUT2D eigenvalue weighted by Crippen LogP contribution is 2.38. The van der Waals surface area contributed by atoms with Crippen molar-refractivity contribution in [3.05, 3.63) is 48.0 Å². The minimum atomic E-state index is -4.55. The molecule has 1 aliphatic rings. The van der Waals surface area contributed by atoms with Crippen LogP contribution in [-0.2, 0) is 11.3 Å². The van der Waals surface area contributed by atoms with Crippen molar-refractivity contribution < 1.29 is 27.5 Å². The summed E-state index contributed by atoms with van der Waals surface area (Å²) in [6.07, 6.45) is -2.93. The van der Waals surface area contributed by atoms with Gasteiger partial charge in [0, 0.05) is 25.8 Å². The zero-order valence-corrected chi connectivity index (χ0v) is 14.2. The summed E-state index contributed by atoms with van der Waals surface area (Å²) in [4.78, 5) is 12.5. The van der Waals surface area contributed by atoms with E-state index in [0.717, 1.165) is 0 Å². The first-order valence-corrected chi connectivity index (χ1v) is 7.56. The molecule has 0 unspecified atom stereocenters. The first-order chi connectivity index (χ1) is 11.7. The monoisotopic (exact) mass is 393 g/mol. The number of aliphatic carboxylic acids is 1. The molecule has 1 saturated heterocycles. The van der Waals surface area contributed by atoms with Gasteiger partial charge >= 0.3 is 12.1 Å². The molecular formula is C16H16ClF4N3O2. The minimum absolute atomic E-state index is 0. The second-order valence-corrected chi connectivity index (χ2v) is 6.01. The Labute approximate surface area is 152 Å². The van der Waals surface area contributed by atoms with Crippen molar-refractivity contribution in [2.45, 2.75) is 12.7 Å². The number of benzene rings is 1. The largest absolute Gasteiger partial charge is 0.481 e. The number of alkyl halides is 3. The first-order valence-electron chi connectivity index (χ1n) is 7.56. The van der Waals surface area contributed by atoms with Crippen LogP contribution in [0.1, 0.15) is 5.69 Å². The minimum Gasteiger partial charge on any atom is -0.481 e. The van der Waals surface area contributed by atoms with Crippen LogP contribution < -0.4 is 0 Å². The highest BCUT2D eigenvalue weighted by molar-refractivity contribution is 5.85. The molecule has 5 nitrogen and oxygen atoms in total. The number of halogens is 5. The summed E-state index contributed by atoms with van der Waals surface area (Å²) < 4.78 is 53.4. The third-order valence-corrected chi connectivity index (χ3v) is 4.25. The molecule has 1 aliphatic heterocycles. The zero-order valence-electron chi connectivity index (χ0n) is 13.4. The zero-order chi connectivity index (χ0) is 18.2. The fourth-order valence-corrected chi connectivity index (χ4v) is 3.01. The Balaban J connectivity index is 0.00000243. The van der Waals surface area contributed by atoms with Gasteiger partial charge in [-0.3, -0.25) is 9.69 Å². The molecule has 2 aromatic rings. The van der Waals surface area contributed by atoms with Gasteiger partial charge in [0.25, 0.3) is 0 Å². The fourth-order valence-electron chi connectivity index (χ4n) is 3.01. The summed E-state index contributed by atoms with van der Waals surface area (Å²) in [7, 11) is 0. The van der Waals surface area contributed by atoms with Crippen molar-refractivity contribution in [1.29, 1.82) is 0 Å². The van der Waals surface area contributed by atoms with Crippen LogP contribution in [0.2, 0.25) is 0 Å². The van der Waals surface area contributed by atoms with Crippen molar-refractivity contribution in [3.63, 3.8) is 0 Å². The van der Waals surface area contributed by atoms with Crippen molar-refractivity contribution in [1.82, 2.24) is 14.7 Å². The first kappa shape index (κ1) is 20.2. The summed E-state index contributed by atoms with van der Waals surface area (Å²) in [5, 5.41) is 13.3. The van der Waals surface area contributed by atoms with E-state index in [2.05, 4.69) is 5.10 Å². The number of carbonyl (C=O) groups is 1. The van der Waals surface area contributed by atoms with Gasteiger partial charge in [-0.15, -0.1) is 12.4 Å². The van der Waals surface area contributed by atoms with E-state index in [9.17, 15) is 22.4 Å². The average molecular weight is 394 g/mol. The maximum atomic E-state index is 13.0. The molecule has 0 spiro atoms. The van der Waals surface area contributed by atoms with Crippen LogP contribution in [-0.4, -0.2) is 45.0 Å². The Hall–Kier alpha value is -2.13. The third kappa shape index (κ3) is 4.34. The lowest BCUT2D eigenvalue weighted by molar-refractivity contribution is -0.188. The highest BCUT2D eigenvalue weighted by Gasteiger charge is 2.52. The normalized spacial score (nSPS) is 20.8. The van der Waals surface area contributed by atoms with E-state index < -0.39 is 24.0 Å². The van der Waals surface area contributed by atoms with Crippen molar-refractivity contribution in [2.24, 2.45) is 11.8 Å². The topological polar surface area (TPSA) is 58.4 Å². The van der Waals surface area contributed by atoms with Crippen LogP contribution in [0.25, 0.3) is 5.69 Å². The quantitative estimate of drug-likeness (QED) is 0.811. The van der Waals surface area contributed by atoms with Crippen LogP contribution in [0, 0.1) is 17.7 Å². The molecule has 0 amide bonds. The van der Waals surface area contributed by atoms with E-state index in [1.807, 2.05) is 0 Å². The Bertz CT molecular complexity index is 764. The smallest absolute Gasteiger partial charge is 0.393 e. The molecule has 1 N–H and O–H groups in total. The molecule has 0 saturated carbocycles. The number of carboxylic acid groups (broad SMARTS) is 1. The number of rotatable bonds is 4. The van der Waals surface area contributed by atoms with E-state index in [1.54, 1.807) is 12.3 Å². The molecule has 0 bridgehead atoms. The van der Waals surface area contributed by atoms with Gasteiger partial charge in [-0.1, -0.05) is 0 Å². The molecule has 1 aromatic carbocycles. The molecular weight excluding hydrogens is 378 g/mol. The maximum absolute atomic E-state index is 13.0. The van der Waals surface area contributed by atoms with Gasteiger partial charge in [-0.25, -0.2) is 9.07 Å². The lowest BCUT2D eigenvalue weighted by Gasteiger charge is -2.18. The van der Waals surface area contributed by atoms with E-state index >= 15 is 0 Å². The van der Waals surface area contributed by atoms with Gasteiger partial charge in [0.05, 0.1) is 23.2 Å². The van der Waals surface area contributed by atoms with E-state index in [0.29, 0.717) is 11.4 Å². The van der Waals surface area contributed by atoms with Gasteiger partial charge in [-0.2, -0.15) is 18.3 Å². The third-order valence-electron chi connectivity index (χ3n) is 4.25. The standard InChI is InChI=1S/C16H15F4N3O2.ClH/c17-10-1-3-12(4-2-10)23-6-5-11(21-23)7-22-8-13(15(24)25)14(9-22)16(18,19)20;/h1-6,13-14H,7-9H2,(H,24,25);1H/t13-,14-;/m1./s1. The lowest BCUT2D eigenvalue weighted by Crippen LogP contribution is -2.33. The number of nitrogens with zero attached hydrogens (tertiary/aromatic N) is 3. The molecule has 0 aliphatic carbocycles. The van der Waals surface area contributed by atoms with Gasteiger partial charge in [-0.05, 0) is 30.3 Å². The Morgan fingerprint density at radius 2 is 1.85 bits per heavy atom. The Morgan fingerprint density at radius 1 is 1.19 bits per heavy atom. The van der Waals surface area contributed by atoms with Crippen molar-refractivity contribution in [2.75, 3.05) is 13.1 Å². The molecule has 1 aromatic heterocycles. The summed E-state index contributed by atoms with van der Waals surface area (Å²) >= 11 is 0. The van der Waals surface area contributed by atoms with Crippen LogP contribution in [0.4, 0.5) is 17.6 Å². The highest BCUT2D eigenvalue weighted by atomic mass is 35.5. The number of likely N-dealkylation sites (tertiary alicyclic amines) is 1. The number of hydrogen-bond acceptors (Lipinski definition) is 3. The predicted octanol–water partition coefficient (Wildman–Crippen LogP) is 3.13. The Kier molecular flexibility index (Phi) is 5.92. The van der Waals surface area contributed by atoms with Gasteiger partial charge in [0.15, 0.2) is 0 Å². The summed E-state index contributed by atoms with van der Waals surface area (Å²) in [5.41, 5.74) is 1.13. The summed E-state index contributed by atoms with van der Waals surface area (Å²) in [5.74, 6) is -5.18. The number of aromatic nitrogens is 2. The van der Waals surface area contributed by atoms with E-state index in [-0.39, 0.29) is 37.9 Å². The predicted molar refractivity (Wildman–Crippen MR) is 86.7 cm³/mol. The van der Waals surface area contributed by atoms with E-state index in [1.165, 1.54) is 33.8 Å². The Morgan fingerprint density at radius 3 is 2.38 bits per heavy atom. The lowest BCUT2D eigenvalue weighted by atomic mass is 9.96. The summed E-state index contributed by atoms with van der Waals surface area (Å²) in [6.45, 7) is -0.433. The van der Waals surface area contributed by atoms with Crippen molar-refractivity contribution >= 4 is 18.4 Å². The van der Waals surface area contributed by atoms with E-state index in [4.69, 9.17) is 5.11 Å². The van der Waals surface area contributed by atoms with Crippen LogP contribution >= 0.6 is 12.4 Å². The van der Waals surface area contributed by atoms with Crippen LogP contribution in [0.5, 0.6) is 0 Å². The molecule has 0 radical (unpaired) electrons. The SMILES string of the molecule is Cl.O=C(O)[C@@H]1CN(Cc2ccn(-c3ccc(F)cc3)n2)C[C@H]1C(F)(F)F. The van der Waals surface area contributed by atoms with Gasteiger partial charge in [0.2, 0.25) is 0 Å². The molecule has 142 valence electrons. The number of hydrogen-bond donors (Lipinski definition) is 1.